The molecule has 0 spiro atoms. The predicted octanol–water partition coefficient (Wildman–Crippen LogP) is 4.19. The lowest BCUT2D eigenvalue weighted by atomic mass is 10.1. The molecular weight excluding hydrogens is 267 g/mol. The predicted molar refractivity (Wildman–Crippen MR) is 80.8 cm³/mol. The van der Waals surface area contributed by atoms with Crippen molar-refractivity contribution in [2.75, 3.05) is 0 Å². The third-order valence-corrected chi connectivity index (χ3v) is 3.29. The van der Waals surface area contributed by atoms with E-state index in [-0.39, 0.29) is 11.9 Å². The Balaban J connectivity index is 2.07. The van der Waals surface area contributed by atoms with E-state index in [1.807, 2.05) is 30.3 Å². The van der Waals surface area contributed by atoms with Crippen LogP contribution in [0.25, 0.3) is 10.9 Å². The summed E-state index contributed by atoms with van der Waals surface area (Å²) in [5, 5.41) is 0.903. The summed E-state index contributed by atoms with van der Waals surface area (Å²) in [6.45, 7) is 1.80. The fourth-order valence-corrected chi connectivity index (χ4v) is 2.25. The molecule has 3 rings (SSSR count). The Labute approximate surface area is 122 Å². The minimum atomic E-state index is -0.325. The van der Waals surface area contributed by atoms with Gasteiger partial charge in [-0.1, -0.05) is 6.07 Å². The topological polar surface area (TPSA) is 48.1 Å². The van der Waals surface area contributed by atoms with Crippen LogP contribution in [0, 0.1) is 5.82 Å². The normalized spacial score (nSPS) is 12.3. The number of fused-ring (bicyclic) bond motifs is 1. The maximum absolute atomic E-state index is 13.4. The summed E-state index contributed by atoms with van der Waals surface area (Å²) in [5.74, 6) is 0.908. The summed E-state index contributed by atoms with van der Waals surface area (Å²) >= 11 is 0. The molecule has 1 atom stereocenters. The lowest BCUT2D eigenvalue weighted by Crippen LogP contribution is -2.07. The molecule has 3 nitrogen and oxygen atoms in total. The van der Waals surface area contributed by atoms with E-state index >= 15 is 0 Å². The first-order valence-electron chi connectivity index (χ1n) is 6.72. The summed E-state index contributed by atoms with van der Waals surface area (Å²) in [4.78, 5) is 4.29. The number of nitrogens with two attached hydrogens (primary N) is 1. The number of pyridine rings is 1. The van der Waals surface area contributed by atoms with Crippen LogP contribution < -0.4 is 10.5 Å². The monoisotopic (exact) mass is 282 g/mol. The Bertz CT molecular complexity index is 781. The van der Waals surface area contributed by atoms with Gasteiger partial charge in [0.15, 0.2) is 0 Å². The zero-order valence-corrected chi connectivity index (χ0v) is 11.6. The van der Waals surface area contributed by atoms with E-state index in [9.17, 15) is 4.39 Å². The molecule has 0 saturated carbocycles. The van der Waals surface area contributed by atoms with Gasteiger partial charge in [0.1, 0.15) is 17.3 Å². The van der Waals surface area contributed by atoms with E-state index in [0.29, 0.717) is 17.1 Å². The first kappa shape index (κ1) is 13.5. The quantitative estimate of drug-likeness (QED) is 0.783. The van der Waals surface area contributed by atoms with Gasteiger partial charge in [0.25, 0.3) is 0 Å². The highest BCUT2D eigenvalue weighted by Gasteiger charge is 2.12. The maximum Gasteiger partial charge on any atom is 0.136 e. The molecule has 3 aromatic rings. The fraction of sp³-hybridized carbons (Fsp3) is 0.118. The lowest BCUT2D eigenvalue weighted by Gasteiger charge is -2.15. The second kappa shape index (κ2) is 5.50. The first-order chi connectivity index (χ1) is 10.1. The van der Waals surface area contributed by atoms with Crippen molar-refractivity contribution >= 4 is 10.9 Å². The van der Waals surface area contributed by atoms with Crippen LogP contribution in [0.15, 0.2) is 54.7 Å². The van der Waals surface area contributed by atoms with Crippen LogP contribution in [0.5, 0.6) is 11.5 Å². The Hall–Kier alpha value is -2.46. The number of hydrogen-bond acceptors (Lipinski definition) is 3. The molecule has 2 aromatic carbocycles. The van der Waals surface area contributed by atoms with Gasteiger partial charge in [0.2, 0.25) is 0 Å². The third kappa shape index (κ3) is 2.71. The summed E-state index contributed by atoms with van der Waals surface area (Å²) < 4.78 is 19.3. The molecule has 0 aliphatic rings. The Morgan fingerprint density at radius 1 is 1.10 bits per heavy atom. The molecule has 0 aliphatic heterocycles. The van der Waals surface area contributed by atoms with Gasteiger partial charge < -0.3 is 10.5 Å². The van der Waals surface area contributed by atoms with E-state index < -0.39 is 0 Å². The van der Waals surface area contributed by atoms with Crippen molar-refractivity contribution < 1.29 is 9.13 Å². The van der Waals surface area contributed by atoms with Crippen molar-refractivity contribution in [3.63, 3.8) is 0 Å². The SMILES string of the molecule is CC(N)c1cc(F)ccc1Oc1cccc2ncccc12. The summed E-state index contributed by atoms with van der Waals surface area (Å²) in [7, 11) is 0. The van der Waals surface area contributed by atoms with Crippen LogP contribution in [0.3, 0.4) is 0 Å². The van der Waals surface area contributed by atoms with Crippen LogP contribution in [0.4, 0.5) is 4.39 Å². The number of aromatic nitrogens is 1. The summed E-state index contributed by atoms with van der Waals surface area (Å²) in [6, 6.07) is 13.5. The molecule has 4 heteroatoms. The molecule has 0 radical (unpaired) electrons. The molecule has 0 fully saturated rings. The summed E-state index contributed by atoms with van der Waals surface area (Å²) in [5.41, 5.74) is 7.37. The standard InChI is InChI=1S/C17H15FN2O/c1-11(19)14-10-12(18)7-8-17(14)21-16-6-2-5-15-13(16)4-3-9-20-15/h2-11H,19H2,1H3. The molecule has 1 aromatic heterocycles. The second-order valence-electron chi connectivity index (χ2n) is 4.90. The molecule has 1 unspecified atom stereocenters. The van der Waals surface area contributed by atoms with Crippen LogP contribution >= 0.6 is 0 Å². The largest absolute Gasteiger partial charge is 0.456 e. The minimum absolute atomic E-state index is 0.316. The zero-order valence-electron chi connectivity index (χ0n) is 11.6. The number of halogens is 1. The second-order valence-corrected chi connectivity index (χ2v) is 4.90. The van der Waals surface area contributed by atoms with Gasteiger partial charge in [0, 0.05) is 23.2 Å². The van der Waals surface area contributed by atoms with Crippen molar-refractivity contribution in [2.24, 2.45) is 5.73 Å². The highest BCUT2D eigenvalue weighted by atomic mass is 19.1. The number of ether oxygens (including phenoxy) is 1. The highest BCUT2D eigenvalue weighted by molar-refractivity contribution is 5.85. The molecule has 2 N–H and O–H groups in total. The maximum atomic E-state index is 13.4. The van der Waals surface area contributed by atoms with Crippen LogP contribution in [-0.4, -0.2) is 4.98 Å². The van der Waals surface area contributed by atoms with Gasteiger partial charge in [-0.05, 0) is 49.4 Å². The van der Waals surface area contributed by atoms with Crippen molar-refractivity contribution in [1.29, 1.82) is 0 Å². The fourth-order valence-electron chi connectivity index (χ4n) is 2.25. The van der Waals surface area contributed by atoms with Gasteiger partial charge in [-0.25, -0.2) is 4.39 Å². The van der Waals surface area contributed by atoms with Crippen molar-refractivity contribution in [2.45, 2.75) is 13.0 Å². The molecule has 1 heterocycles. The van der Waals surface area contributed by atoms with E-state index in [1.54, 1.807) is 19.2 Å². The highest BCUT2D eigenvalue weighted by Crippen LogP contribution is 2.33. The van der Waals surface area contributed by atoms with Gasteiger partial charge in [-0.15, -0.1) is 0 Å². The van der Waals surface area contributed by atoms with Gasteiger partial charge >= 0.3 is 0 Å². The van der Waals surface area contributed by atoms with Gasteiger partial charge in [0.05, 0.1) is 5.52 Å². The van der Waals surface area contributed by atoms with Crippen molar-refractivity contribution in [3.8, 4) is 11.5 Å². The smallest absolute Gasteiger partial charge is 0.136 e. The van der Waals surface area contributed by atoms with E-state index in [1.165, 1.54) is 12.1 Å². The number of rotatable bonds is 3. The molecule has 0 bridgehead atoms. The molecule has 106 valence electrons. The van der Waals surface area contributed by atoms with Crippen LogP contribution in [0.2, 0.25) is 0 Å². The Kier molecular flexibility index (Phi) is 3.54. The average molecular weight is 282 g/mol. The first-order valence-corrected chi connectivity index (χ1v) is 6.72. The minimum Gasteiger partial charge on any atom is -0.456 e. The van der Waals surface area contributed by atoms with E-state index in [0.717, 1.165) is 10.9 Å². The third-order valence-electron chi connectivity index (χ3n) is 3.29. The van der Waals surface area contributed by atoms with Crippen molar-refractivity contribution in [3.05, 3.63) is 66.1 Å². The molecule has 21 heavy (non-hydrogen) atoms. The van der Waals surface area contributed by atoms with Gasteiger partial charge in [-0.2, -0.15) is 0 Å². The molecular formula is C17H15FN2O. The van der Waals surface area contributed by atoms with Crippen molar-refractivity contribution in [1.82, 2.24) is 4.98 Å². The van der Waals surface area contributed by atoms with E-state index in [2.05, 4.69) is 4.98 Å². The lowest BCUT2D eigenvalue weighted by molar-refractivity contribution is 0.474. The zero-order chi connectivity index (χ0) is 14.8. The van der Waals surface area contributed by atoms with Crippen LogP contribution in [0.1, 0.15) is 18.5 Å². The Morgan fingerprint density at radius 3 is 2.76 bits per heavy atom. The van der Waals surface area contributed by atoms with Gasteiger partial charge in [-0.3, -0.25) is 4.98 Å². The van der Waals surface area contributed by atoms with Crippen LogP contribution in [-0.2, 0) is 0 Å². The summed E-state index contributed by atoms with van der Waals surface area (Å²) in [6.07, 6.45) is 1.73. The van der Waals surface area contributed by atoms with E-state index in [4.69, 9.17) is 10.5 Å². The number of benzene rings is 2. The Morgan fingerprint density at radius 2 is 1.95 bits per heavy atom. The number of nitrogens with zero attached hydrogens (tertiary/aromatic N) is 1. The molecule has 0 saturated heterocycles. The molecule has 0 aliphatic carbocycles. The average Bonchev–Trinajstić information content (AvgIpc) is 2.49. The number of hydrogen-bond donors (Lipinski definition) is 1. The molecule has 0 amide bonds.